The van der Waals surface area contributed by atoms with Gasteiger partial charge < -0.3 is 5.11 Å². The normalized spacial score (nSPS) is 13.2. The van der Waals surface area contributed by atoms with Gasteiger partial charge in [0.2, 0.25) is 0 Å². The summed E-state index contributed by atoms with van der Waals surface area (Å²) in [7, 11) is -3.30. The van der Waals surface area contributed by atoms with E-state index in [-0.39, 0.29) is 11.5 Å². The maximum atomic E-state index is 11.7. The molecule has 0 aliphatic heterocycles. The molecule has 0 fully saturated rings. The molecule has 17 heavy (non-hydrogen) atoms. The lowest BCUT2D eigenvalue weighted by molar-refractivity contribution is -0.140. The van der Waals surface area contributed by atoms with Crippen molar-refractivity contribution in [1.29, 1.82) is 0 Å². The molecule has 0 aromatic heterocycles. The van der Waals surface area contributed by atoms with E-state index in [0.717, 1.165) is 5.56 Å². The minimum Gasteiger partial charge on any atom is -0.481 e. The summed E-state index contributed by atoms with van der Waals surface area (Å²) in [5.41, 5.74) is 0.944. The number of hydrogen-bond donors (Lipinski definition) is 1. The van der Waals surface area contributed by atoms with Crippen LogP contribution in [0.15, 0.2) is 30.3 Å². The second-order valence-electron chi connectivity index (χ2n) is 4.09. The van der Waals surface area contributed by atoms with Gasteiger partial charge in [-0.05, 0) is 12.0 Å². The van der Waals surface area contributed by atoms with Crippen LogP contribution in [0.25, 0.3) is 0 Å². The Kier molecular flexibility index (Phi) is 4.69. The Hall–Kier alpha value is -1.36. The Morgan fingerprint density at radius 1 is 1.29 bits per heavy atom. The van der Waals surface area contributed by atoms with Crippen molar-refractivity contribution in [3.05, 3.63) is 35.9 Å². The molecule has 0 spiro atoms. The monoisotopic (exact) mass is 256 g/mol. The fourth-order valence-corrected chi connectivity index (χ4v) is 3.07. The Bertz CT molecular complexity index is 465. The Balaban J connectivity index is 2.54. The second kappa shape index (κ2) is 5.82. The molecule has 0 heterocycles. The molecular formula is C12H16O4S. The van der Waals surface area contributed by atoms with Crippen molar-refractivity contribution in [2.24, 2.45) is 5.92 Å². The second-order valence-corrected chi connectivity index (χ2v) is 6.32. The lowest BCUT2D eigenvalue weighted by Crippen LogP contribution is -2.23. The Labute approximate surface area is 101 Å². The summed E-state index contributed by atoms with van der Waals surface area (Å²) in [6.07, 6.45) is 0.426. The third-order valence-corrected chi connectivity index (χ3v) is 4.30. The van der Waals surface area contributed by atoms with Crippen molar-refractivity contribution in [2.45, 2.75) is 13.3 Å². The summed E-state index contributed by atoms with van der Waals surface area (Å²) in [5.74, 6) is -2.23. The van der Waals surface area contributed by atoms with Gasteiger partial charge in [0.05, 0.1) is 17.4 Å². The van der Waals surface area contributed by atoms with E-state index < -0.39 is 21.7 Å². The lowest BCUT2D eigenvalue weighted by Gasteiger charge is -2.07. The quantitative estimate of drug-likeness (QED) is 0.834. The molecule has 1 atom stereocenters. The number of aryl methyl sites for hydroxylation is 1. The number of rotatable bonds is 6. The highest BCUT2D eigenvalue weighted by Crippen LogP contribution is 2.06. The third-order valence-electron chi connectivity index (χ3n) is 2.47. The molecule has 0 unspecified atom stereocenters. The van der Waals surface area contributed by atoms with E-state index in [4.69, 9.17) is 5.11 Å². The van der Waals surface area contributed by atoms with Gasteiger partial charge in [-0.1, -0.05) is 37.3 Å². The molecule has 4 nitrogen and oxygen atoms in total. The molecular weight excluding hydrogens is 240 g/mol. The summed E-state index contributed by atoms with van der Waals surface area (Å²) < 4.78 is 23.3. The molecule has 0 aliphatic rings. The molecule has 5 heteroatoms. The molecule has 0 radical (unpaired) electrons. The van der Waals surface area contributed by atoms with Crippen LogP contribution in [0.2, 0.25) is 0 Å². The van der Waals surface area contributed by atoms with Gasteiger partial charge in [-0.25, -0.2) is 8.42 Å². The van der Waals surface area contributed by atoms with Crippen molar-refractivity contribution in [3.63, 3.8) is 0 Å². The number of carboxylic acids is 1. The van der Waals surface area contributed by atoms with Gasteiger partial charge >= 0.3 is 5.97 Å². The van der Waals surface area contributed by atoms with Gasteiger partial charge in [0.15, 0.2) is 9.84 Å². The maximum absolute atomic E-state index is 11.7. The van der Waals surface area contributed by atoms with E-state index in [1.807, 2.05) is 30.3 Å². The zero-order valence-electron chi connectivity index (χ0n) is 9.67. The molecule has 0 bridgehead atoms. The van der Waals surface area contributed by atoms with Gasteiger partial charge in [0.25, 0.3) is 0 Å². The molecule has 94 valence electrons. The predicted octanol–water partition coefficient (Wildman–Crippen LogP) is 1.36. The van der Waals surface area contributed by atoms with Crippen molar-refractivity contribution in [2.75, 3.05) is 11.5 Å². The first-order chi connectivity index (χ1) is 7.91. The van der Waals surface area contributed by atoms with Gasteiger partial charge in [-0.15, -0.1) is 0 Å². The van der Waals surface area contributed by atoms with E-state index >= 15 is 0 Å². The molecule has 0 amide bonds. The van der Waals surface area contributed by atoms with E-state index in [0.29, 0.717) is 6.42 Å². The topological polar surface area (TPSA) is 71.4 Å². The number of hydrogen-bond acceptors (Lipinski definition) is 3. The zero-order chi connectivity index (χ0) is 12.9. The summed E-state index contributed by atoms with van der Waals surface area (Å²) in [6, 6.07) is 9.28. The first-order valence-corrected chi connectivity index (χ1v) is 7.20. The predicted molar refractivity (Wildman–Crippen MR) is 65.6 cm³/mol. The largest absolute Gasteiger partial charge is 0.481 e. The molecule has 0 saturated carbocycles. The van der Waals surface area contributed by atoms with Crippen molar-refractivity contribution in [3.8, 4) is 0 Å². The molecule has 1 aromatic rings. The first-order valence-electron chi connectivity index (χ1n) is 5.38. The van der Waals surface area contributed by atoms with Gasteiger partial charge in [-0.3, -0.25) is 4.79 Å². The summed E-state index contributed by atoms with van der Waals surface area (Å²) in [4.78, 5) is 10.6. The molecule has 1 rings (SSSR count). The maximum Gasteiger partial charge on any atom is 0.307 e. The van der Waals surface area contributed by atoms with Crippen LogP contribution in [0.4, 0.5) is 0 Å². The lowest BCUT2D eigenvalue weighted by atomic mass is 10.2. The van der Waals surface area contributed by atoms with Crippen LogP contribution in [0, 0.1) is 5.92 Å². The van der Waals surface area contributed by atoms with Gasteiger partial charge in [0, 0.05) is 0 Å². The Morgan fingerprint density at radius 3 is 2.41 bits per heavy atom. The van der Waals surface area contributed by atoms with Crippen LogP contribution in [0.1, 0.15) is 12.5 Å². The average molecular weight is 256 g/mol. The average Bonchev–Trinajstić information content (AvgIpc) is 2.27. The van der Waals surface area contributed by atoms with Crippen molar-refractivity contribution >= 4 is 15.8 Å². The van der Waals surface area contributed by atoms with Crippen molar-refractivity contribution < 1.29 is 18.3 Å². The van der Waals surface area contributed by atoms with E-state index in [2.05, 4.69) is 0 Å². The number of sulfone groups is 1. The van der Waals surface area contributed by atoms with Crippen LogP contribution in [-0.2, 0) is 21.1 Å². The van der Waals surface area contributed by atoms with Crippen LogP contribution >= 0.6 is 0 Å². The van der Waals surface area contributed by atoms with Crippen LogP contribution < -0.4 is 0 Å². The van der Waals surface area contributed by atoms with Crippen LogP contribution in [-0.4, -0.2) is 31.0 Å². The highest BCUT2D eigenvalue weighted by atomic mass is 32.2. The third kappa shape index (κ3) is 4.99. The van der Waals surface area contributed by atoms with Gasteiger partial charge in [0.1, 0.15) is 0 Å². The van der Waals surface area contributed by atoms with Crippen LogP contribution in [0.3, 0.4) is 0 Å². The Morgan fingerprint density at radius 2 is 1.88 bits per heavy atom. The van der Waals surface area contributed by atoms with Gasteiger partial charge in [-0.2, -0.15) is 0 Å². The number of aliphatic carboxylic acids is 1. The van der Waals surface area contributed by atoms with Crippen LogP contribution in [0.5, 0.6) is 0 Å². The molecule has 1 aromatic carbocycles. The highest BCUT2D eigenvalue weighted by Gasteiger charge is 2.20. The van der Waals surface area contributed by atoms with E-state index in [1.54, 1.807) is 0 Å². The summed E-state index contributed by atoms with van der Waals surface area (Å²) >= 11 is 0. The summed E-state index contributed by atoms with van der Waals surface area (Å²) in [5, 5.41) is 8.67. The standard InChI is InChI=1S/C12H16O4S/c1-10(12(13)14)9-17(15,16)8-7-11-5-3-2-4-6-11/h2-6,10H,7-9H2,1H3,(H,13,14)/t10-/m0/s1. The molecule has 0 aliphatic carbocycles. The highest BCUT2D eigenvalue weighted by molar-refractivity contribution is 7.91. The minimum absolute atomic E-state index is 0.00532. The smallest absolute Gasteiger partial charge is 0.307 e. The molecule has 1 N–H and O–H groups in total. The van der Waals surface area contributed by atoms with E-state index in [9.17, 15) is 13.2 Å². The summed E-state index contributed by atoms with van der Waals surface area (Å²) in [6.45, 7) is 1.41. The molecule has 0 saturated heterocycles. The fraction of sp³-hybridized carbons (Fsp3) is 0.417. The zero-order valence-corrected chi connectivity index (χ0v) is 10.5. The SMILES string of the molecule is C[C@@H](CS(=O)(=O)CCc1ccccc1)C(=O)O. The number of carboxylic acid groups (broad SMARTS) is 1. The number of benzene rings is 1. The van der Waals surface area contributed by atoms with E-state index in [1.165, 1.54) is 6.92 Å². The number of carbonyl (C=O) groups is 1. The van der Waals surface area contributed by atoms with Crippen molar-refractivity contribution in [1.82, 2.24) is 0 Å². The minimum atomic E-state index is -3.30. The first kappa shape index (κ1) is 13.7. The fourth-order valence-electron chi connectivity index (χ4n) is 1.45.